The van der Waals surface area contributed by atoms with Crippen LogP contribution in [-0.4, -0.2) is 27.1 Å². The summed E-state index contributed by atoms with van der Waals surface area (Å²) in [6, 6.07) is -0.851. The van der Waals surface area contributed by atoms with Crippen molar-refractivity contribution in [3.8, 4) is 0 Å². The van der Waals surface area contributed by atoms with Gasteiger partial charge in [0, 0.05) is 18.3 Å². The standard InChI is InChI=1S/C6H9N3O2.Ti/c7-5(6(10)11)1-4-2-8-3-9-4;/h2-3,5H,1,7H2,(H,8,9)(H,10,11);/q;+2. The Bertz CT molecular complexity index is 237. The first kappa shape index (κ1) is 11.4. The molecule has 0 aliphatic heterocycles. The minimum absolute atomic E-state index is 0. The van der Waals surface area contributed by atoms with Gasteiger partial charge in [0.25, 0.3) is 0 Å². The van der Waals surface area contributed by atoms with Gasteiger partial charge in [-0.1, -0.05) is 0 Å². The van der Waals surface area contributed by atoms with Gasteiger partial charge >= 0.3 is 27.7 Å². The molecule has 0 bridgehead atoms. The summed E-state index contributed by atoms with van der Waals surface area (Å²) in [5.41, 5.74) is 6.00. The third kappa shape index (κ3) is 3.17. The molecule has 1 atom stereocenters. The minimum Gasteiger partial charge on any atom is -0.480 e. The fourth-order valence-electron chi connectivity index (χ4n) is 0.721. The van der Waals surface area contributed by atoms with Crippen LogP contribution >= 0.6 is 0 Å². The molecule has 0 spiro atoms. The first-order chi connectivity index (χ1) is 5.20. The van der Waals surface area contributed by atoms with Crippen molar-refractivity contribution in [3.63, 3.8) is 0 Å². The number of nitrogens with two attached hydrogens (primary N) is 1. The Morgan fingerprint density at radius 1 is 1.83 bits per heavy atom. The fraction of sp³-hybridized carbons (Fsp3) is 0.333. The van der Waals surface area contributed by atoms with Crippen LogP contribution in [0.2, 0.25) is 0 Å². The van der Waals surface area contributed by atoms with Gasteiger partial charge in [0.15, 0.2) is 0 Å². The molecular formula is C6H9N3O2Ti+2. The second-order valence-electron chi connectivity index (χ2n) is 2.23. The number of aliphatic carboxylic acids is 1. The van der Waals surface area contributed by atoms with Crippen molar-refractivity contribution in [2.24, 2.45) is 5.73 Å². The van der Waals surface area contributed by atoms with Crippen LogP contribution in [0.25, 0.3) is 0 Å². The second kappa shape index (κ2) is 5.08. The van der Waals surface area contributed by atoms with Crippen molar-refractivity contribution >= 4 is 5.97 Å². The van der Waals surface area contributed by atoms with Gasteiger partial charge in [-0.15, -0.1) is 0 Å². The number of carbonyl (C=O) groups is 1. The van der Waals surface area contributed by atoms with Gasteiger partial charge in [0.1, 0.15) is 6.04 Å². The van der Waals surface area contributed by atoms with Crippen LogP contribution in [0.5, 0.6) is 0 Å². The third-order valence-corrected chi connectivity index (χ3v) is 1.31. The summed E-state index contributed by atoms with van der Waals surface area (Å²) in [7, 11) is 0. The summed E-state index contributed by atoms with van der Waals surface area (Å²) in [5, 5.41) is 8.42. The molecule has 0 saturated heterocycles. The zero-order valence-electron chi connectivity index (χ0n) is 6.32. The van der Waals surface area contributed by atoms with Crippen LogP contribution < -0.4 is 5.73 Å². The summed E-state index contributed by atoms with van der Waals surface area (Å²) in [6.07, 6.45) is 3.34. The molecule has 0 fully saturated rings. The van der Waals surface area contributed by atoms with E-state index < -0.39 is 12.0 Å². The Kier molecular flexibility index (Phi) is 4.81. The van der Waals surface area contributed by atoms with Crippen molar-refractivity contribution < 1.29 is 31.6 Å². The number of carboxylic acids is 1. The van der Waals surface area contributed by atoms with Crippen molar-refractivity contribution in [2.45, 2.75) is 12.5 Å². The summed E-state index contributed by atoms with van der Waals surface area (Å²) in [5.74, 6) is -1.00. The van der Waals surface area contributed by atoms with Gasteiger partial charge in [0.05, 0.1) is 6.33 Å². The van der Waals surface area contributed by atoms with E-state index in [0.29, 0.717) is 0 Å². The van der Waals surface area contributed by atoms with Crippen LogP contribution in [0.1, 0.15) is 5.69 Å². The molecule has 0 amide bonds. The third-order valence-electron chi connectivity index (χ3n) is 1.31. The summed E-state index contributed by atoms with van der Waals surface area (Å²) in [6.45, 7) is 0. The molecule has 1 aromatic rings. The molecule has 62 valence electrons. The van der Waals surface area contributed by atoms with Crippen LogP contribution in [0.4, 0.5) is 0 Å². The van der Waals surface area contributed by atoms with E-state index in [-0.39, 0.29) is 28.1 Å². The zero-order chi connectivity index (χ0) is 8.27. The quantitative estimate of drug-likeness (QED) is 0.569. The van der Waals surface area contributed by atoms with Crippen molar-refractivity contribution in [1.29, 1.82) is 0 Å². The van der Waals surface area contributed by atoms with E-state index in [1.165, 1.54) is 6.33 Å². The van der Waals surface area contributed by atoms with Crippen LogP contribution in [0.15, 0.2) is 12.5 Å². The van der Waals surface area contributed by atoms with Crippen molar-refractivity contribution in [3.05, 3.63) is 18.2 Å². The van der Waals surface area contributed by atoms with Gasteiger partial charge in [-0.2, -0.15) is 0 Å². The number of hydrogen-bond acceptors (Lipinski definition) is 3. The SMILES string of the molecule is NC(Cc1cnc[nH]1)C(=O)O.[Ti+2]. The molecule has 0 saturated carbocycles. The van der Waals surface area contributed by atoms with Crippen LogP contribution in [-0.2, 0) is 32.9 Å². The Morgan fingerprint density at radius 3 is 2.92 bits per heavy atom. The number of nitrogens with one attached hydrogen (secondary N) is 1. The number of nitrogens with zero attached hydrogens (tertiary/aromatic N) is 1. The van der Waals surface area contributed by atoms with E-state index in [4.69, 9.17) is 10.8 Å². The maximum atomic E-state index is 10.3. The Morgan fingerprint density at radius 2 is 2.50 bits per heavy atom. The molecule has 0 aliphatic rings. The molecule has 1 heterocycles. The van der Waals surface area contributed by atoms with Gasteiger partial charge in [-0.25, -0.2) is 4.98 Å². The molecule has 12 heavy (non-hydrogen) atoms. The molecule has 1 aromatic heterocycles. The molecule has 6 heteroatoms. The molecule has 1 unspecified atom stereocenters. The van der Waals surface area contributed by atoms with Crippen molar-refractivity contribution in [1.82, 2.24) is 9.97 Å². The fourth-order valence-corrected chi connectivity index (χ4v) is 0.721. The van der Waals surface area contributed by atoms with E-state index in [0.717, 1.165) is 5.69 Å². The summed E-state index contributed by atoms with van der Waals surface area (Å²) < 4.78 is 0. The van der Waals surface area contributed by atoms with Gasteiger partial charge < -0.3 is 15.8 Å². The smallest absolute Gasteiger partial charge is 0.480 e. The Hall–Kier alpha value is -0.646. The number of rotatable bonds is 3. The Balaban J connectivity index is 0.00000121. The molecule has 1 rings (SSSR count). The molecule has 0 aromatic carbocycles. The van der Waals surface area contributed by atoms with E-state index in [1.54, 1.807) is 6.20 Å². The number of carboxylic acid groups (broad SMARTS) is 1. The van der Waals surface area contributed by atoms with Gasteiger partial charge in [0.2, 0.25) is 0 Å². The second-order valence-corrected chi connectivity index (χ2v) is 2.23. The van der Waals surface area contributed by atoms with Crippen LogP contribution in [0, 0.1) is 0 Å². The van der Waals surface area contributed by atoms with Gasteiger partial charge in [-0.3, -0.25) is 4.79 Å². The maximum absolute atomic E-state index is 10.3. The number of hydrogen-bond donors (Lipinski definition) is 3. The number of H-pyrrole nitrogens is 1. The first-order valence-corrected chi connectivity index (χ1v) is 3.16. The normalized spacial score (nSPS) is 11.8. The number of aromatic amines is 1. The van der Waals surface area contributed by atoms with Gasteiger partial charge in [-0.05, 0) is 0 Å². The number of aromatic nitrogens is 2. The van der Waals surface area contributed by atoms with E-state index in [2.05, 4.69) is 9.97 Å². The minimum atomic E-state index is -1.00. The van der Waals surface area contributed by atoms with Crippen LogP contribution in [0.3, 0.4) is 0 Å². The maximum Gasteiger partial charge on any atom is 2.00 e. The monoisotopic (exact) mass is 203 g/mol. The Labute approximate surface area is 84.3 Å². The molecule has 5 nitrogen and oxygen atoms in total. The largest absolute Gasteiger partial charge is 2.00 e. The number of imidazole rings is 1. The summed E-state index contributed by atoms with van der Waals surface area (Å²) >= 11 is 0. The van der Waals surface area contributed by atoms with E-state index >= 15 is 0 Å². The first-order valence-electron chi connectivity index (χ1n) is 3.16. The van der Waals surface area contributed by atoms with E-state index in [1.807, 2.05) is 0 Å². The average Bonchev–Trinajstić information content (AvgIpc) is 2.39. The molecular weight excluding hydrogens is 194 g/mol. The van der Waals surface area contributed by atoms with E-state index in [9.17, 15) is 4.79 Å². The predicted octanol–water partition coefficient (Wildman–Crippen LogP) is -0.638. The predicted molar refractivity (Wildman–Crippen MR) is 37.9 cm³/mol. The zero-order valence-corrected chi connectivity index (χ0v) is 7.88. The molecule has 0 radical (unpaired) electrons. The average molecular weight is 203 g/mol. The molecule has 4 N–H and O–H groups in total. The molecule has 0 aliphatic carbocycles. The summed E-state index contributed by atoms with van der Waals surface area (Å²) in [4.78, 5) is 16.8. The topological polar surface area (TPSA) is 92.0 Å². The van der Waals surface area contributed by atoms with Crippen molar-refractivity contribution in [2.75, 3.05) is 0 Å².